The molecule has 2 aromatic rings. The molecule has 31 heavy (non-hydrogen) atoms. The Morgan fingerprint density at radius 3 is 2.48 bits per heavy atom. The van der Waals surface area contributed by atoms with E-state index in [9.17, 15) is 23.3 Å². The molecule has 0 saturated carbocycles. The molecule has 2 aromatic carbocycles. The zero-order valence-electron chi connectivity index (χ0n) is 17.2. The van der Waals surface area contributed by atoms with Crippen molar-refractivity contribution >= 4 is 21.5 Å². The van der Waals surface area contributed by atoms with Crippen molar-refractivity contribution in [2.24, 2.45) is 0 Å². The highest BCUT2D eigenvalue weighted by Crippen LogP contribution is 2.33. The third-order valence-electron chi connectivity index (χ3n) is 5.89. The molecular weight excluding hydrogens is 420 g/mol. The van der Waals surface area contributed by atoms with Crippen molar-refractivity contribution in [1.82, 2.24) is 4.31 Å². The number of nitro benzene ring substituents is 1. The van der Waals surface area contributed by atoms with Gasteiger partial charge in [0, 0.05) is 24.7 Å². The first-order valence-corrected chi connectivity index (χ1v) is 11.8. The van der Waals surface area contributed by atoms with Gasteiger partial charge in [-0.1, -0.05) is 12.1 Å². The van der Waals surface area contributed by atoms with E-state index in [-0.39, 0.29) is 16.4 Å². The zero-order valence-corrected chi connectivity index (χ0v) is 18.1. The number of aryl methyl sites for hydroxylation is 2. The number of rotatable bonds is 7. The predicted octanol–water partition coefficient (Wildman–Crippen LogP) is 3.52. The fourth-order valence-electron chi connectivity index (χ4n) is 4.18. The molecule has 1 unspecified atom stereocenters. The summed E-state index contributed by atoms with van der Waals surface area (Å²) >= 11 is 0. The Bertz CT molecular complexity index is 1140. The van der Waals surface area contributed by atoms with E-state index in [0.717, 1.165) is 43.7 Å². The van der Waals surface area contributed by atoms with E-state index in [2.05, 4.69) is 0 Å². The molecule has 0 radical (unpaired) electrons. The van der Waals surface area contributed by atoms with Crippen molar-refractivity contribution in [1.29, 1.82) is 0 Å². The van der Waals surface area contributed by atoms with Gasteiger partial charge in [0.15, 0.2) is 11.9 Å². The maximum absolute atomic E-state index is 12.8. The van der Waals surface area contributed by atoms with E-state index in [0.29, 0.717) is 18.7 Å². The summed E-state index contributed by atoms with van der Waals surface area (Å²) in [4.78, 5) is 23.6. The predicted molar refractivity (Wildman–Crippen MR) is 114 cm³/mol. The van der Waals surface area contributed by atoms with Crippen LogP contribution in [-0.4, -0.2) is 42.6 Å². The van der Waals surface area contributed by atoms with Gasteiger partial charge in [0.1, 0.15) is 0 Å². The standard InChI is InChI=1S/C22H24N2O6S/c1-15(22(25)18-8-7-16-5-4-6-17(16)13-18)30-21-10-9-19(14-20(21)24(26)27)31(28,29)23-11-2-3-12-23/h7-10,13-15H,2-6,11-12H2,1H3. The second-order valence-corrected chi connectivity index (χ2v) is 9.90. The molecule has 1 aliphatic heterocycles. The van der Waals surface area contributed by atoms with Gasteiger partial charge in [0.05, 0.1) is 9.82 Å². The topological polar surface area (TPSA) is 107 Å². The van der Waals surface area contributed by atoms with Crippen molar-refractivity contribution in [3.8, 4) is 5.75 Å². The first-order valence-electron chi connectivity index (χ1n) is 10.4. The van der Waals surface area contributed by atoms with Gasteiger partial charge in [-0.05, 0) is 68.4 Å². The van der Waals surface area contributed by atoms with Crippen LogP contribution in [0.25, 0.3) is 0 Å². The Hall–Kier alpha value is -2.78. The van der Waals surface area contributed by atoms with Crippen molar-refractivity contribution in [3.63, 3.8) is 0 Å². The molecular formula is C22H24N2O6S. The summed E-state index contributed by atoms with van der Waals surface area (Å²) in [6, 6.07) is 9.13. The molecule has 1 saturated heterocycles. The van der Waals surface area contributed by atoms with Crippen molar-refractivity contribution in [2.45, 2.75) is 50.0 Å². The molecule has 0 aromatic heterocycles. The average Bonchev–Trinajstić information content (AvgIpc) is 3.44. The zero-order chi connectivity index (χ0) is 22.2. The number of carbonyl (C=O) groups excluding carboxylic acids is 1. The molecule has 1 atom stereocenters. The van der Waals surface area contributed by atoms with Crippen LogP contribution in [0.2, 0.25) is 0 Å². The number of benzene rings is 2. The van der Waals surface area contributed by atoms with E-state index in [1.54, 1.807) is 6.07 Å². The molecule has 0 amide bonds. The van der Waals surface area contributed by atoms with Gasteiger partial charge in [-0.3, -0.25) is 14.9 Å². The molecule has 1 fully saturated rings. The Labute approximate surface area is 181 Å². The van der Waals surface area contributed by atoms with Gasteiger partial charge in [0.2, 0.25) is 15.8 Å². The number of nitro groups is 1. The van der Waals surface area contributed by atoms with Crippen LogP contribution in [0.3, 0.4) is 0 Å². The fourth-order valence-corrected chi connectivity index (χ4v) is 5.72. The minimum Gasteiger partial charge on any atom is -0.475 e. The van der Waals surface area contributed by atoms with Gasteiger partial charge < -0.3 is 4.74 Å². The number of ether oxygens (including phenoxy) is 1. The Morgan fingerprint density at radius 1 is 1.06 bits per heavy atom. The smallest absolute Gasteiger partial charge is 0.312 e. The van der Waals surface area contributed by atoms with E-state index in [4.69, 9.17) is 4.74 Å². The van der Waals surface area contributed by atoms with Crippen molar-refractivity contribution in [3.05, 3.63) is 63.2 Å². The number of ketones is 1. The molecule has 1 aliphatic carbocycles. The molecule has 8 nitrogen and oxygen atoms in total. The minimum absolute atomic E-state index is 0.132. The minimum atomic E-state index is -3.80. The van der Waals surface area contributed by atoms with Gasteiger partial charge in [0.25, 0.3) is 0 Å². The number of hydrogen-bond acceptors (Lipinski definition) is 6. The number of carbonyl (C=O) groups is 1. The number of hydrogen-bond donors (Lipinski definition) is 0. The number of fused-ring (bicyclic) bond motifs is 1. The third-order valence-corrected chi connectivity index (χ3v) is 7.78. The lowest BCUT2D eigenvalue weighted by atomic mass is 10.0. The van der Waals surface area contributed by atoms with E-state index in [1.807, 2.05) is 12.1 Å². The molecule has 0 spiro atoms. The summed E-state index contributed by atoms with van der Waals surface area (Å²) in [5, 5.41) is 11.6. The fraction of sp³-hybridized carbons (Fsp3) is 0.409. The van der Waals surface area contributed by atoms with Gasteiger partial charge in [-0.25, -0.2) is 8.42 Å². The van der Waals surface area contributed by atoms with Gasteiger partial charge in [-0.2, -0.15) is 4.31 Å². The van der Waals surface area contributed by atoms with E-state index < -0.39 is 26.7 Å². The second-order valence-electron chi connectivity index (χ2n) is 7.96. The second kappa shape index (κ2) is 8.39. The average molecular weight is 445 g/mol. The third kappa shape index (κ3) is 4.20. The van der Waals surface area contributed by atoms with Crippen molar-refractivity contribution < 1.29 is 22.9 Å². The first-order chi connectivity index (χ1) is 14.8. The van der Waals surface area contributed by atoms with Crippen LogP contribution in [-0.2, 0) is 22.9 Å². The highest BCUT2D eigenvalue weighted by molar-refractivity contribution is 7.89. The highest BCUT2D eigenvalue weighted by atomic mass is 32.2. The van der Waals surface area contributed by atoms with Crippen LogP contribution in [0.15, 0.2) is 41.3 Å². The van der Waals surface area contributed by atoms with Crippen LogP contribution < -0.4 is 4.74 Å². The summed E-state index contributed by atoms with van der Waals surface area (Å²) < 4.78 is 32.4. The lowest BCUT2D eigenvalue weighted by Crippen LogP contribution is -2.28. The molecule has 164 valence electrons. The largest absolute Gasteiger partial charge is 0.475 e. The molecule has 4 rings (SSSR count). The molecule has 2 aliphatic rings. The Balaban J connectivity index is 1.57. The molecule has 0 bridgehead atoms. The number of sulfonamides is 1. The summed E-state index contributed by atoms with van der Waals surface area (Å²) in [6.45, 7) is 2.34. The summed E-state index contributed by atoms with van der Waals surface area (Å²) in [7, 11) is -3.80. The monoisotopic (exact) mass is 444 g/mol. The maximum Gasteiger partial charge on any atom is 0.312 e. The number of nitrogens with zero attached hydrogens (tertiary/aromatic N) is 2. The maximum atomic E-state index is 12.8. The van der Waals surface area contributed by atoms with Crippen molar-refractivity contribution in [2.75, 3.05) is 13.1 Å². The lowest BCUT2D eigenvalue weighted by molar-refractivity contribution is -0.386. The highest BCUT2D eigenvalue weighted by Gasteiger charge is 2.31. The van der Waals surface area contributed by atoms with Gasteiger partial charge in [-0.15, -0.1) is 0 Å². The Kier molecular flexibility index (Phi) is 5.81. The van der Waals surface area contributed by atoms with Gasteiger partial charge >= 0.3 is 5.69 Å². The summed E-state index contributed by atoms with van der Waals surface area (Å²) in [6.07, 6.45) is 3.59. The summed E-state index contributed by atoms with van der Waals surface area (Å²) in [5.74, 6) is -0.412. The SMILES string of the molecule is CC(Oc1ccc(S(=O)(=O)N2CCCC2)cc1[N+](=O)[O-])C(=O)c1ccc2c(c1)CCC2. The quantitative estimate of drug-likeness (QED) is 0.367. The molecule has 9 heteroatoms. The van der Waals surface area contributed by atoms with Crippen LogP contribution in [0.4, 0.5) is 5.69 Å². The van der Waals surface area contributed by atoms with E-state index in [1.165, 1.54) is 28.9 Å². The number of Topliss-reactive ketones (excluding diaryl/α,β-unsaturated/α-hetero) is 1. The normalized spacial score (nSPS) is 17.3. The van der Waals surface area contributed by atoms with Crippen LogP contribution in [0, 0.1) is 10.1 Å². The van der Waals surface area contributed by atoms with E-state index >= 15 is 0 Å². The Morgan fingerprint density at radius 2 is 1.77 bits per heavy atom. The van der Waals surface area contributed by atoms with Crippen LogP contribution in [0.5, 0.6) is 5.75 Å². The molecule has 1 heterocycles. The lowest BCUT2D eigenvalue weighted by Gasteiger charge is -2.17. The van der Waals surface area contributed by atoms with Crippen LogP contribution in [0.1, 0.15) is 47.7 Å². The molecule has 0 N–H and O–H groups in total. The van der Waals surface area contributed by atoms with Crippen LogP contribution >= 0.6 is 0 Å². The first kappa shape index (κ1) is 21.5. The summed E-state index contributed by atoms with van der Waals surface area (Å²) in [5.41, 5.74) is 2.42.